The van der Waals surface area contributed by atoms with Crippen molar-refractivity contribution < 1.29 is 13.9 Å². The smallest absolute Gasteiger partial charge is 0.163 e. The third kappa shape index (κ3) is 4.12. The van der Waals surface area contributed by atoms with Crippen molar-refractivity contribution in [3.8, 4) is 22.4 Å². The highest BCUT2D eigenvalue weighted by atomic mass is 19.1. The molecule has 38 heavy (non-hydrogen) atoms. The summed E-state index contributed by atoms with van der Waals surface area (Å²) in [5.41, 5.74) is 6.31. The lowest BCUT2D eigenvalue weighted by atomic mass is 9.85. The summed E-state index contributed by atoms with van der Waals surface area (Å²) >= 11 is 0. The van der Waals surface area contributed by atoms with Crippen LogP contribution in [-0.2, 0) is 16.0 Å². The third-order valence-corrected chi connectivity index (χ3v) is 8.23. The molecule has 2 aromatic carbocycles. The number of fused-ring (bicyclic) bond motifs is 3. The Morgan fingerprint density at radius 2 is 1.84 bits per heavy atom. The van der Waals surface area contributed by atoms with E-state index >= 15 is 0 Å². The van der Waals surface area contributed by atoms with Crippen LogP contribution in [0.3, 0.4) is 0 Å². The molecule has 1 unspecified atom stereocenters. The number of rotatable bonds is 5. The molecule has 0 radical (unpaired) electrons. The minimum atomic E-state index is -0.523. The number of piperidine rings is 1. The number of nitrogens with zero attached hydrogens (tertiary/aromatic N) is 5. The zero-order valence-electron chi connectivity index (χ0n) is 21.8. The van der Waals surface area contributed by atoms with Crippen molar-refractivity contribution in [2.24, 2.45) is 5.92 Å². The number of hydrogen-bond acceptors (Lipinski definition) is 5. The topological polar surface area (TPSA) is 57.3 Å². The molecule has 5 heterocycles. The largest absolute Gasteiger partial charge is 0.372 e. The van der Waals surface area contributed by atoms with Crippen LogP contribution in [0, 0.1) is 11.7 Å². The van der Waals surface area contributed by atoms with Crippen molar-refractivity contribution in [3.63, 3.8) is 0 Å². The molecular formula is C30H32FN5O2. The summed E-state index contributed by atoms with van der Waals surface area (Å²) in [6.07, 6.45) is 9.72. The average molecular weight is 514 g/mol. The minimum Gasteiger partial charge on any atom is -0.372 e. The van der Waals surface area contributed by atoms with E-state index in [1.807, 2.05) is 43.3 Å². The summed E-state index contributed by atoms with van der Waals surface area (Å²) in [7, 11) is 0. The quantitative estimate of drug-likeness (QED) is 0.352. The molecular weight excluding hydrogens is 481 g/mol. The number of halogens is 1. The second-order valence-corrected chi connectivity index (χ2v) is 11.1. The first kappa shape index (κ1) is 23.6. The van der Waals surface area contributed by atoms with Crippen LogP contribution in [0.4, 0.5) is 10.1 Å². The predicted octanol–water partition coefficient (Wildman–Crippen LogP) is 5.52. The number of aromatic nitrogens is 4. The van der Waals surface area contributed by atoms with Gasteiger partial charge in [-0.05, 0) is 56.4 Å². The molecule has 2 saturated heterocycles. The summed E-state index contributed by atoms with van der Waals surface area (Å²) in [6.45, 7) is 7.03. The normalized spacial score (nSPS) is 22.6. The Bertz CT molecular complexity index is 1450. The fourth-order valence-corrected chi connectivity index (χ4v) is 6.41. The van der Waals surface area contributed by atoms with E-state index < -0.39 is 5.79 Å². The molecule has 7 rings (SSSR count). The third-order valence-electron chi connectivity index (χ3n) is 8.23. The van der Waals surface area contributed by atoms with Gasteiger partial charge in [-0.2, -0.15) is 5.10 Å². The Hall–Kier alpha value is -3.49. The zero-order chi connectivity index (χ0) is 25.9. The van der Waals surface area contributed by atoms with Gasteiger partial charge < -0.3 is 18.9 Å². The number of ether oxygens (including phenoxy) is 2. The van der Waals surface area contributed by atoms with E-state index in [-0.39, 0.29) is 18.0 Å². The van der Waals surface area contributed by atoms with Crippen LogP contribution < -0.4 is 4.90 Å². The van der Waals surface area contributed by atoms with Crippen molar-refractivity contribution in [3.05, 3.63) is 78.8 Å². The van der Waals surface area contributed by atoms with E-state index in [1.54, 1.807) is 12.1 Å². The Morgan fingerprint density at radius 3 is 2.61 bits per heavy atom. The van der Waals surface area contributed by atoms with E-state index in [9.17, 15) is 4.39 Å². The molecule has 196 valence electrons. The summed E-state index contributed by atoms with van der Waals surface area (Å²) in [5, 5.41) is 4.53. The lowest BCUT2D eigenvalue weighted by Crippen LogP contribution is -2.36. The second kappa shape index (κ2) is 9.06. The highest BCUT2D eigenvalue weighted by Gasteiger charge is 2.38. The molecule has 8 heteroatoms. The fourth-order valence-electron chi connectivity index (χ4n) is 6.41. The van der Waals surface area contributed by atoms with Gasteiger partial charge in [0.15, 0.2) is 5.79 Å². The Morgan fingerprint density at radius 1 is 1.03 bits per heavy atom. The van der Waals surface area contributed by atoms with Gasteiger partial charge in [0.05, 0.1) is 43.6 Å². The van der Waals surface area contributed by atoms with Crippen molar-refractivity contribution in [2.75, 3.05) is 24.6 Å². The summed E-state index contributed by atoms with van der Waals surface area (Å²) < 4.78 is 30.6. The molecule has 2 aromatic heterocycles. The van der Waals surface area contributed by atoms with Gasteiger partial charge in [-0.15, -0.1) is 0 Å². The SMILES string of the molecule is CC1(C)OC[C@@H](Cn2cc(-c3ccc(N4CCC(C5c6c(F)cccc6-c6cncn65)CC4)cc3)cn2)O1. The second-order valence-electron chi connectivity index (χ2n) is 11.1. The number of hydrogen-bond donors (Lipinski definition) is 0. The van der Waals surface area contributed by atoms with Crippen LogP contribution in [0.1, 0.15) is 38.3 Å². The molecule has 2 atom stereocenters. The van der Waals surface area contributed by atoms with Gasteiger partial charge in [-0.25, -0.2) is 9.37 Å². The molecule has 0 N–H and O–H groups in total. The van der Waals surface area contributed by atoms with Crippen LogP contribution in [0.2, 0.25) is 0 Å². The van der Waals surface area contributed by atoms with Crippen molar-refractivity contribution in [1.29, 1.82) is 0 Å². The Labute approximate surface area is 221 Å². The van der Waals surface area contributed by atoms with E-state index in [0.29, 0.717) is 19.1 Å². The van der Waals surface area contributed by atoms with Crippen molar-refractivity contribution in [1.82, 2.24) is 19.3 Å². The predicted molar refractivity (Wildman–Crippen MR) is 143 cm³/mol. The number of imidazole rings is 1. The summed E-state index contributed by atoms with van der Waals surface area (Å²) in [6, 6.07) is 14.2. The van der Waals surface area contributed by atoms with Gasteiger partial charge in [-0.3, -0.25) is 4.68 Å². The molecule has 7 nitrogen and oxygen atoms in total. The standard InChI is InChI=1S/C30H32FN5O2/c1-30(2)37-18-24(38-30)17-35-16-22(14-33-35)20-6-8-23(9-7-20)34-12-10-21(11-13-34)29-28-25(4-3-5-26(28)31)27-15-32-19-36(27)29/h3-9,14-16,19,21,24,29H,10-13,17-18H2,1-2H3/t24-,29?/m1/s1. The first-order valence-corrected chi connectivity index (χ1v) is 13.5. The molecule has 0 amide bonds. The van der Waals surface area contributed by atoms with Crippen LogP contribution >= 0.6 is 0 Å². The van der Waals surface area contributed by atoms with Crippen LogP contribution in [-0.4, -0.2) is 50.9 Å². The average Bonchev–Trinajstić information content (AvgIpc) is 3.70. The number of benzene rings is 2. The highest BCUT2D eigenvalue weighted by Crippen LogP contribution is 2.47. The van der Waals surface area contributed by atoms with E-state index in [4.69, 9.17) is 9.47 Å². The minimum absolute atomic E-state index is 0.0117. The van der Waals surface area contributed by atoms with Gasteiger partial charge in [0.25, 0.3) is 0 Å². The number of anilines is 1. The fraction of sp³-hybridized carbons (Fsp3) is 0.400. The zero-order valence-corrected chi connectivity index (χ0v) is 21.8. The Kier molecular flexibility index (Phi) is 5.63. The van der Waals surface area contributed by atoms with Gasteiger partial charge >= 0.3 is 0 Å². The van der Waals surface area contributed by atoms with E-state index in [1.165, 1.54) is 5.69 Å². The lowest BCUT2D eigenvalue weighted by molar-refractivity contribution is -0.139. The van der Waals surface area contributed by atoms with Crippen molar-refractivity contribution in [2.45, 2.75) is 51.2 Å². The Balaban J connectivity index is 1.01. The maximum absolute atomic E-state index is 14.9. The van der Waals surface area contributed by atoms with E-state index in [2.05, 4.69) is 50.0 Å². The summed E-state index contributed by atoms with van der Waals surface area (Å²) in [5.74, 6) is -0.252. The van der Waals surface area contributed by atoms with Gasteiger partial charge in [0.2, 0.25) is 0 Å². The monoisotopic (exact) mass is 513 g/mol. The van der Waals surface area contributed by atoms with Crippen molar-refractivity contribution >= 4 is 5.69 Å². The molecule has 0 bridgehead atoms. The molecule has 2 fully saturated rings. The molecule has 3 aliphatic heterocycles. The van der Waals surface area contributed by atoms with Crippen LogP contribution in [0.15, 0.2) is 67.4 Å². The van der Waals surface area contributed by atoms with Gasteiger partial charge in [0, 0.05) is 41.7 Å². The molecule has 3 aliphatic rings. The molecule has 4 aromatic rings. The molecule has 0 saturated carbocycles. The molecule has 0 aliphatic carbocycles. The van der Waals surface area contributed by atoms with E-state index in [0.717, 1.165) is 53.9 Å². The van der Waals surface area contributed by atoms with Crippen LogP contribution in [0.25, 0.3) is 22.4 Å². The van der Waals surface area contributed by atoms with Gasteiger partial charge in [0.1, 0.15) is 11.9 Å². The van der Waals surface area contributed by atoms with Gasteiger partial charge in [-0.1, -0.05) is 24.3 Å². The lowest BCUT2D eigenvalue weighted by Gasteiger charge is -2.37. The van der Waals surface area contributed by atoms with Crippen LogP contribution in [0.5, 0.6) is 0 Å². The maximum Gasteiger partial charge on any atom is 0.163 e. The first-order chi connectivity index (χ1) is 18.4. The first-order valence-electron chi connectivity index (χ1n) is 13.5. The highest BCUT2D eigenvalue weighted by molar-refractivity contribution is 5.69. The maximum atomic E-state index is 14.9. The summed E-state index contributed by atoms with van der Waals surface area (Å²) in [4.78, 5) is 6.80. The molecule has 0 spiro atoms.